The van der Waals surface area contributed by atoms with Gasteiger partial charge in [0.2, 0.25) is 0 Å². The first-order valence-electron chi connectivity index (χ1n) is 9.41. The smallest absolute Gasteiger partial charge is 0.184 e. The van der Waals surface area contributed by atoms with Gasteiger partial charge in [-0.2, -0.15) is 0 Å². The average molecular weight is 395 g/mol. The summed E-state index contributed by atoms with van der Waals surface area (Å²) in [5, 5.41) is 18.2. The highest BCUT2D eigenvalue weighted by molar-refractivity contribution is 6.21. The fraction of sp³-hybridized carbons (Fsp3) is 0.280. The molecule has 0 atom stereocenters. The fourth-order valence-electron chi connectivity index (χ4n) is 2.59. The van der Waals surface area contributed by atoms with Crippen LogP contribution < -0.4 is 0 Å². The molecular weight excluding hydrogens is 364 g/mol. The third-order valence-electron chi connectivity index (χ3n) is 4.88. The molecule has 0 saturated carbocycles. The van der Waals surface area contributed by atoms with Gasteiger partial charge in [-0.25, -0.2) is 0 Å². The van der Waals surface area contributed by atoms with Crippen LogP contribution in [0.4, 0.5) is 0 Å². The van der Waals surface area contributed by atoms with E-state index in [-0.39, 0.29) is 11.6 Å². The van der Waals surface area contributed by atoms with Gasteiger partial charge in [-0.1, -0.05) is 24.3 Å². The molecule has 0 radical (unpaired) electrons. The highest BCUT2D eigenvalue weighted by atomic mass is 16.3. The van der Waals surface area contributed by atoms with E-state index in [1.54, 1.807) is 32.9 Å². The quantitative estimate of drug-likeness (QED) is 0.584. The molecule has 4 heteroatoms. The maximum Gasteiger partial charge on any atom is 0.184 e. The summed E-state index contributed by atoms with van der Waals surface area (Å²) in [5.74, 6) is 0.715. The topological polar surface area (TPSA) is 74.6 Å². The normalized spacial score (nSPS) is 13.1. The van der Waals surface area contributed by atoms with E-state index in [1.807, 2.05) is 52.0 Å². The number of carbonyl (C=O) groups excluding carboxylic acids is 2. The van der Waals surface area contributed by atoms with Gasteiger partial charge in [0.25, 0.3) is 0 Å². The lowest BCUT2D eigenvalue weighted by molar-refractivity contribution is -0.115. The lowest BCUT2D eigenvalue weighted by atomic mass is 9.92. The Kier molecular flexibility index (Phi) is 8.58. The van der Waals surface area contributed by atoms with E-state index in [2.05, 4.69) is 0 Å². The number of aromatic hydroxyl groups is 2. The SMILES string of the molecule is CC1=CC(=O)C(C)=C(C)C1=O.Cc1ccc(C)c(O)c1C.Cc1cccc(O)c1. The Morgan fingerprint density at radius 1 is 0.724 bits per heavy atom. The molecule has 4 nitrogen and oxygen atoms in total. The van der Waals surface area contributed by atoms with Gasteiger partial charge in [0.15, 0.2) is 11.6 Å². The average Bonchev–Trinajstić information content (AvgIpc) is 2.67. The molecule has 1 aliphatic carbocycles. The van der Waals surface area contributed by atoms with Crippen molar-refractivity contribution in [3.05, 3.63) is 81.4 Å². The molecule has 0 fully saturated rings. The molecule has 29 heavy (non-hydrogen) atoms. The maximum atomic E-state index is 11.2. The number of ketones is 2. The van der Waals surface area contributed by atoms with Crippen LogP contribution in [-0.2, 0) is 9.59 Å². The van der Waals surface area contributed by atoms with Crippen LogP contribution in [0.5, 0.6) is 11.5 Å². The van der Waals surface area contributed by atoms with Crippen molar-refractivity contribution in [2.45, 2.75) is 48.5 Å². The summed E-state index contributed by atoms with van der Waals surface area (Å²) in [6.07, 6.45) is 1.39. The zero-order chi connectivity index (χ0) is 22.3. The van der Waals surface area contributed by atoms with Crippen LogP contribution in [0.15, 0.2) is 59.2 Å². The molecule has 3 rings (SSSR count). The summed E-state index contributed by atoms with van der Waals surface area (Å²) in [6, 6.07) is 11.1. The lowest BCUT2D eigenvalue weighted by Gasteiger charge is -2.09. The predicted molar refractivity (Wildman–Crippen MR) is 117 cm³/mol. The zero-order valence-electron chi connectivity index (χ0n) is 18.3. The molecule has 2 aromatic rings. The maximum absolute atomic E-state index is 11.2. The molecule has 0 amide bonds. The number of benzene rings is 2. The van der Waals surface area contributed by atoms with Crippen molar-refractivity contribution in [2.75, 3.05) is 0 Å². The van der Waals surface area contributed by atoms with E-state index in [9.17, 15) is 14.7 Å². The van der Waals surface area contributed by atoms with Crippen molar-refractivity contribution < 1.29 is 19.8 Å². The Hall–Kier alpha value is -3.14. The van der Waals surface area contributed by atoms with Gasteiger partial charge in [-0.15, -0.1) is 0 Å². The summed E-state index contributed by atoms with van der Waals surface area (Å²) in [7, 11) is 0. The first-order valence-corrected chi connectivity index (χ1v) is 9.41. The molecule has 2 aromatic carbocycles. The number of allylic oxidation sites excluding steroid dienone is 4. The number of hydrogen-bond acceptors (Lipinski definition) is 4. The van der Waals surface area contributed by atoms with Crippen molar-refractivity contribution in [1.82, 2.24) is 0 Å². The van der Waals surface area contributed by atoms with Crippen molar-refractivity contribution in [3.63, 3.8) is 0 Å². The summed E-state index contributed by atoms with van der Waals surface area (Å²) in [6.45, 7) is 12.8. The molecule has 0 aliphatic heterocycles. The van der Waals surface area contributed by atoms with Crippen molar-refractivity contribution in [2.24, 2.45) is 0 Å². The standard InChI is InChI=1S/C9H10O2.C9H12O.C7H8O/c1-5-4-8(10)6(2)7(3)9(5)11;1-6-4-5-7(2)9(10)8(6)3;1-6-3-2-4-7(8)5-6/h4H,1-3H3;4-5,10H,1-3H3;2-5,8H,1H3. The van der Waals surface area contributed by atoms with Crippen molar-refractivity contribution in [1.29, 1.82) is 0 Å². The predicted octanol–water partition coefficient (Wildman–Crippen LogP) is 5.44. The van der Waals surface area contributed by atoms with Crippen LogP contribution in [0.1, 0.15) is 43.0 Å². The van der Waals surface area contributed by atoms with Crippen LogP contribution >= 0.6 is 0 Å². The van der Waals surface area contributed by atoms with E-state index in [4.69, 9.17) is 5.11 Å². The largest absolute Gasteiger partial charge is 0.508 e. The summed E-state index contributed by atoms with van der Waals surface area (Å²) >= 11 is 0. The first-order chi connectivity index (χ1) is 13.5. The summed E-state index contributed by atoms with van der Waals surface area (Å²) in [4.78, 5) is 22.3. The Morgan fingerprint density at radius 3 is 1.79 bits per heavy atom. The van der Waals surface area contributed by atoms with Gasteiger partial charge in [-0.05, 0) is 88.9 Å². The summed E-state index contributed by atoms with van der Waals surface area (Å²) < 4.78 is 0. The molecule has 154 valence electrons. The Morgan fingerprint density at radius 2 is 1.31 bits per heavy atom. The summed E-state index contributed by atoms with van der Waals surface area (Å²) in [5.41, 5.74) is 5.85. The third-order valence-corrected chi connectivity index (χ3v) is 4.88. The molecule has 2 N–H and O–H groups in total. The number of aryl methyl sites for hydroxylation is 3. The van der Waals surface area contributed by atoms with E-state index in [0.29, 0.717) is 28.2 Å². The Balaban J connectivity index is 0.000000220. The molecule has 0 bridgehead atoms. The molecule has 0 saturated heterocycles. The molecule has 1 aliphatic rings. The van der Waals surface area contributed by atoms with Gasteiger partial charge >= 0.3 is 0 Å². The Bertz CT molecular complexity index is 934. The van der Waals surface area contributed by atoms with Crippen LogP contribution in [0.2, 0.25) is 0 Å². The zero-order valence-corrected chi connectivity index (χ0v) is 18.3. The number of hydrogen-bond donors (Lipinski definition) is 2. The first kappa shape index (κ1) is 23.9. The second kappa shape index (κ2) is 10.4. The Labute approximate surface area is 173 Å². The van der Waals surface area contributed by atoms with Gasteiger partial charge < -0.3 is 10.2 Å². The van der Waals surface area contributed by atoms with E-state index in [1.165, 1.54) is 6.08 Å². The van der Waals surface area contributed by atoms with Crippen LogP contribution in [0, 0.1) is 27.7 Å². The molecule has 0 unspecified atom stereocenters. The lowest BCUT2D eigenvalue weighted by Crippen LogP contribution is -2.14. The number of rotatable bonds is 0. The number of carbonyl (C=O) groups is 2. The minimum Gasteiger partial charge on any atom is -0.508 e. The van der Waals surface area contributed by atoms with E-state index >= 15 is 0 Å². The van der Waals surface area contributed by atoms with Gasteiger partial charge in [-0.3, -0.25) is 9.59 Å². The van der Waals surface area contributed by atoms with E-state index in [0.717, 1.165) is 22.3 Å². The second-order valence-electron chi connectivity index (χ2n) is 7.28. The molecule has 0 aromatic heterocycles. The molecule has 0 heterocycles. The third kappa shape index (κ3) is 6.75. The van der Waals surface area contributed by atoms with Crippen LogP contribution in [-0.4, -0.2) is 21.8 Å². The van der Waals surface area contributed by atoms with Gasteiger partial charge in [0, 0.05) is 16.7 Å². The molecular formula is C25H30O4. The van der Waals surface area contributed by atoms with E-state index < -0.39 is 0 Å². The number of Topliss-reactive ketones (excluding diaryl/α,β-unsaturated/α-hetero) is 1. The number of phenols is 2. The van der Waals surface area contributed by atoms with Crippen molar-refractivity contribution in [3.8, 4) is 11.5 Å². The molecule has 0 spiro atoms. The van der Waals surface area contributed by atoms with Gasteiger partial charge in [0.05, 0.1) is 0 Å². The minimum atomic E-state index is -0.0420. The van der Waals surface area contributed by atoms with Gasteiger partial charge in [0.1, 0.15) is 11.5 Å². The fourth-order valence-corrected chi connectivity index (χ4v) is 2.59. The highest BCUT2D eigenvalue weighted by Gasteiger charge is 2.19. The monoisotopic (exact) mass is 394 g/mol. The second-order valence-corrected chi connectivity index (χ2v) is 7.28. The van der Waals surface area contributed by atoms with Crippen molar-refractivity contribution >= 4 is 11.6 Å². The minimum absolute atomic E-state index is 0.0119. The van der Waals surface area contributed by atoms with Crippen LogP contribution in [0.3, 0.4) is 0 Å². The van der Waals surface area contributed by atoms with Crippen LogP contribution in [0.25, 0.3) is 0 Å². The highest BCUT2D eigenvalue weighted by Crippen LogP contribution is 2.23. The number of phenolic OH excluding ortho intramolecular Hbond substituents is 2.